The monoisotopic (exact) mass is 219 g/mol. The van der Waals surface area contributed by atoms with E-state index in [1.807, 2.05) is 18.2 Å². The second-order valence-corrected chi connectivity index (χ2v) is 4.66. The molecule has 0 aliphatic carbocycles. The Hall–Kier alpha value is -0.900. The Balaban J connectivity index is 1.86. The molecule has 0 radical (unpaired) electrons. The van der Waals surface area contributed by atoms with Crippen LogP contribution >= 0.6 is 0 Å². The van der Waals surface area contributed by atoms with Gasteiger partial charge in [-0.25, -0.2) is 0 Å². The van der Waals surface area contributed by atoms with Gasteiger partial charge in [0.25, 0.3) is 0 Å². The molecule has 1 fully saturated rings. The van der Waals surface area contributed by atoms with E-state index in [4.69, 9.17) is 11.5 Å². The molecule has 16 heavy (non-hydrogen) atoms. The Labute approximate surface area is 97.4 Å². The Kier molecular flexibility index (Phi) is 3.93. The lowest BCUT2D eigenvalue weighted by atomic mass is 10.0. The highest BCUT2D eigenvalue weighted by molar-refractivity contribution is 5.18. The summed E-state index contributed by atoms with van der Waals surface area (Å²) < 4.78 is 0. The van der Waals surface area contributed by atoms with Crippen LogP contribution in [0.15, 0.2) is 30.3 Å². The number of hydrogen-bond acceptors (Lipinski definition) is 3. The average Bonchev–Trinajstić information content (AvgIpc) is 2.33. The lowest BCUT2D eigenvalue weighted by Crippen LogP contribution is -2.42. The van der Waals surface area contributed by atoms with Crippen molar-refractivity contribution >= 4 is 0 Å². The number of nitrogens with two attached hydrogens (primary N) is 2. The van der Waals surface area contributed by atoms with E-state index in [1.165, 1.54) is 5.56 Å². The van der Waals surface area contributed by atoms with Gasteiger partial charge in [-0.2, -0.15) is 0 Å². The van der Waals surface area contributed by atoms with E-state index in [0.29, 0.717) is 6.04 Å². The van der Waals surface area contributed by atoms with Crippen molar-refractivity contribution in [3.63, 3.8) is 0 Å². The number of hydrogen-bond donors (Lipinski definition) is 2. The van der Waals surface area contributed by atoms with E-state index >= 15 is 0 Å². The van der Waals surface area contributed by atoms with Crippen LogP contribution in [0.25, 0.3) is 0 Å². The molecule has 0 bridgehead atoms. The van der Waals surface area contributed by atoms with E-state index in [-0.39, 0.29) is 6.04 Å². The second-order valence-electron chi connectivity index (χ2n) is 4.66. The van der Waals surface area contributed by atoms with Crippen LogP contribution in [0, 0.1) is 0 Å². The van der Waals surface area contributed by atoms with Crippen LogP contribution in [0.3, 0.4) is 0 Å². The van der Waals surface area contributed by atoms with Gasteiger partial charge in [0.1, 0.15) is 0 Å². The largest absolute Gasteiger partial charge is 0.328 e. The smallest absolute Gasteiger partial charge is 0.0424 e. The van der Waals surface area contributed by atoms with E-state index in [9.17, 15) is 0 Å². The Bertz CT molecular complexity index is 304. The molecular weight excluding hydrogens is 198 g/mol. The van der Waals surface area contributed by atoms with Gasteiger partial charge in [-0.3, -0.25) is 0 Å². The van der Waals surface area contributed by atoms with Crippen LogP contribution in [-0.4, -0.2) is 30.6 Å². The molecule has 0 amide bonds. The molecule has 1 saturated heterocycles. The molecule has 4 N–H and O–H groups in total. The van der Waals surface area contributed by atoms with Crippen molar-refractivity contribution in [1.82, 2.24) is 4.90 Å². The van der Waals surface area contributed by atoms with Crippen molar-refractivity contribution < 1.29 is 0 Å². The fraction of sp³-hybridized carbons (Fsp3) is 0.538. The fourth-order valence-electron chi connectivity index (χ4n) is 2.22. The fourth-order valence-corrected chi connectivity index (χ4v) is 2.22. The van der Waals surface area contributed by atoms with Gasteiger partial charge >= 0.3 is 0 Å². The molecule has 2 rings (SSSR count). The van der Waals surface area contributed by atoms with Crippen molar-refractivity contribution in [3.8, 4) is 0 Å². The highest BCUT2D eigenvalue weighted by Gasteiger charge is 2.18. The quantitative estimate of drug-likeness (QED) is 0.800. The summed E-state index contributed by atoms with van der Waals surface area (Å²) in [6.45, 7) is 3.11. The van der Waals surface area contributed by atoms with Gasteiger partial charge in [0.2, 0.25) is 0 Å². The molecular formula is C13H21N3. The third-order valence-electron chi connectivity index (χ3n) is 3.31. The minimum absolute atomic E-state index is 0.121. The van der Waals surface area contributed by atoms with Crippen LogP contribution in [-0.2, 0) is 0 Å². The van der Waals surface area contributed by atoms with Gasteiger partial charge in [-0.05, 0) is 31.5 Å². The van der Waals surface area contributed by atoms with Crippen LogP contribution in [0.2, 0.25) is 0 Å². The molecule has 0 unspecified atom stereocenters. The molecule has 3 heteroatoms. The molecule has 0 saturated carbocycles. The van der Waals surface area contributed by atoms with E-state index in [1.54, 1.807) is 0 Å². The van der Waals surface area contributed by atoms with Gasteiger partial charge in [0, 0.05) is 18.6 Å². The SMILES string of the molecule is NC1CCN(C[C@@H](N)c2ccccc2)CC1. The Morgan fingerprint density at radius 2 is 1.81 bits per heavy atom. The van der Waals surface area contributed by atoms with Gasteiger partial charge in [-0.15, -0.1) is 0 Å². The van der Waals surface area contributed by atoms with Crippen molar-refractivity contribution in [2.45, 2.75) is 24.9 Å². The summed E-state index contributed by atoms with van der Waals surface area (Å²) in [4.78, 5) is 2.42. The van der Waals surface area contributed by atoms with Gasteiger partial charge in [0.05, 0.1) is 0 Å². The second kappa shape index (κ2) is 5.43. The highest BCUT2D eigenvalue weighted by Crippen LogP contribution is 2.14. The van der Waals surface area contributed by atoms with Crippen LogP contribution in [0.5, 0.6) is 0 Å². The number of likely N-dealkylation sites (tertiary alicyclic amines) is 1. The molecule has 0 spiro atoms. The van der Waals surface area contributed by atoms with Crippen molar-refractivity contribution in [2.24, 2.45) is 11.5 Å². The van der Waals surface area contributed by atoms with Gasteiger partial charge in [0.15, 0.2) is 0 Å². The summed E-state index contributed by atoms with van der Waals surface area (Å²) in [5.41, 5.74) is 13.3. The molecule has 1 atom stereocenters. The van der Waals surface area contributed by atoms with Crippen LogP contribution in [0.4, 0.5) is 0 Å². The van der Waals surface area contributed by atoms with Gasteiger partial charge < -0.3 is 16.4 Å². The average molecular weight is 219 g/mol. The van der Waals surface area contributed by atoms with E-state index in [0.717, 1.165) is 32.5 Å². The summed E-state index contributed by atoms with van der Waals surface area (Å²) in [6.07, 6.45) is 2.20. The van der Waals surface area contributed by atoms with Crippen LogP contribution in [0.1, 0.15) is 24.4 Å². The first-order valence-corrected chi connectivity index (χ1v) is 6.04. The minimum Gasteiger partial charge on any atom is -0.328 e. The first-order valence-electron chi connectivity index (χ1n) is 6.04. The summed E-state index contributed by atoms with van der Waals surface area (Å²) >= 11 is 0. The molecule has 3 nitrogen and oxygen atoms in total. The molecule has 1 heterocycles. The van der Waals surface area contributed by atoms with Crippen molar-refractivity contribution in [3.05, 3.63) is 35.9 Å². The number of benzene rings is 1. The maximum atomic E-state index is 6.19. The molecule has 88 valence electrons. The first kappa shape index (κ1) is 11.6. The molecule has 0 aromatic heterocycles. The Morgan fingerprint density at radius 1 is 1.19 bits per heavy atom. The third-order valence-corrected chi connectivity index (χ3v) is 3.31. The van der Waals surface area contributed by atoms with Crippen LogP contribution < -0.4 is 11.5 Å². The zero-order valence-electron chi connectivity index (χ0n) is 9.68. The molecule has 1 aromatic carbocycles. The molecule has 1 aliphatic rings. The van der Waals surface area contributed by atoms with E-state index < -0.39 is 0 Å². The molecule has 1 aromatic rings. The lowest BCUT2D eigenvalue weighted by molar-refractivity contribution is 0.202. The summed E-state index contributed by atoms with van der Waals surface area (Å²) in [5, 5.41) is 0. The maximum Gasteiger partial charge on any atom is 0.0424 e. The third kappa shape index (κ3) is 3.04. The lowest BCUT2D eigenvalue weighted by Gasteiger charge is -2.31. The summed E-state index contributed by atoms with van der Waals surface area (Å²) in [6, 6.07) is 10.8. The van der Waals surface area contributed by atoms with E-state index in [2.05, 4.69) is 17.0 Å². The summed E-state index contributed by atoms with van der Waals surface area (Å²) in [5.74, 6) is 0. The summed E-state index contributed by atoms with van der Waals surface area (Å²) in [7, 11) is 0. The normalized spacial score (nSPS) is 20.9. The van der Waals surface area contributed by atoms with Crippen molar-refractivity contribution in [2.75, 3.05) is 19.6 Å². The minimum atomic E-state index is 0.121. The highest BCUT2D eigenvalue weighted by atomic mass is 15.1. The first-order chi connectivity index (χ1) is 7.75. The zero-order chi connectivity index (χ0) is 11.4. The maximum absolute atomic E-state index is 6.19. The number of piperidine rings is 1. The standard InChI is InChI=1S/C13H21N3/c14-12-6-8-16(9-7-12)10-13(15)11-4-2-1-3-5-11/h1-5,12-13H,6-10,14-15H2/t13-/m1/s1. The predicted molar refractivity (Wildman–Crippen MR) is 67.0 cm³/mol. The van der Waals surface area contributed by atoms with Gasteiger partial charge in [-0.1, -0.05) is 30.3 Å². The topological polar surface area (TPSA) is 55.3 Å². The predicted octanol–water partition coefficient (Wildman–Crippen LogP) is 1.11. The van der Waals surface area contributed by atoms with Crippen molar-refractivity contribution in [1.29, 1.82) is 0 Å². The Morgan fingerprint density at radius 3 is 2.44 bits per heavy atom. The molecule has 1 aliphatic heterocycles. The number of rotatable bonds is 3. The number of nitrogens with zero attached hydrogens (tertiary/aromatic N) is 1. The zero-order valence-corrected chi connectivity index (χ0v) is 9.68.